The van der Waals surface area contributed by atoms with Crippen LogP contribution in [0.2, 0.25) is 0 Å². The van der Waals surface area contributed by atoms with Crippen LogP contribution in [-0.4, -0.2) is 107 Å². The molecule has 0 saturated carbocycles. The van der Waals surface area contributed by atoms with Crippen LogP contribution in [0.25, 0.3) is 21.8 Å². The summed E-state index contributed by atoms with van der Waals surface area (Å²) in [4.78, 5) is 109. The fourth-order valence-corrected chi connectivity index (χ4v) is 9.96. The molecule has 5 rings (SSSR count). The average Bonchev–Trinajstić information content (AvgIpc) is 3.85. The third-order valence-corrected chi connectivity index (χ3v) is 13.5. The minimum absolute atomic E-state index is 0. The third-order valence-electron chi connectivity index (χ3n) is 13.5. The molecule has 1 radical (unpaired) electrons. The molecule has 0 bridgehead atoms. The molecule has 73 heavy (non-hydrogen) atoms. The summed E-state index contributed by atoms with van der Waals surface area (Å²) in [5.74, 6) is -3.94. The van der Waals surface area contributed by atoms with Crippen molar-refractivity contribution < 1.29 is 76.2 Å². The molecule has 1 fully saturated rings. The van der Waals surface area contributed by atoms with Gasteiger partial charge in [-0.3, -0.25) is 33.6 Å². The van der Waals surface area contributed by atoms with Crippen LogP contribution in [0.4, 0.5) is 0 Å². The van der Waals surface area contributed by atoms with Gasteiger partial charge in [-0.2, -0.15) is 0 Å². The molecule has 4 aromatic rings. The van der Waals surface area contributed by atoms with E-state index in [0.717, 1.165) is 54.2 Å². The van der Waals surface area contributed by atoms with Crippen molar-refractivity contribution in [1.82, 2.24) is 46.4 Å². The first-order chi connectivity index (χ1) is 34.5. The largest absolute Gasteiger partial charge is 0.481 e. The molecule has 8 N–H and O–H groups in total. The second-order valence-electron chi connectivity index (χ2n) is 19.7. The van der Waals surface area contributed by atoms with Gasteiger partial charge < -0.3 is 56.3 Å². The number of carboxylic acids is 1. The monoisotopic (exact) mass is 1080 g/mol. The first-order valence-corrected chi connectivity index (χ1v) is 25.6. The van der Waals surface area contributed by atoms with Crippen molar-refractivity contribution in [1.29, 1.82) is 0 Å². The molecule has 0 aliphatic carbocycles. The molecule has 395 valence electrons. The van der Waals surface area contributed by atoms with E-state index in [1.807, 2.05) is 98.2 Å². The number of amides is 5. The Kier molecular flexibility index (Phi) is 25.4. The van der Waals surface area contributed by atoms with Gasteiger partial charge >= 0.3 is 5.97 Å². The Hall–Kier alpha value is -5.30. The van der Waals surface area contributed by atoms with Crippen LogP contribution in [0.15, 0.2) is 60.9 Å². The predicted molar refractivity (Wildman–Crippen MR) is 277 cm³/mol. The summed E-state index contributed by atoms with van der Waals surface area (Å²) < 4.78 is 3.80. The second kappa shape index (κ2) is 30.8. The third kappa shape index (κ3) is 19.8. The molecule has 2 aromatic carbocycles. The Morgan fingerprint density at radius 2 is 0.973 bits per heavy atom. The zero-order chi connectivity index (χ0) is 52.2. The number of carbonyl (C=O) groups excluding carboxylic acids is 7. The van der Waals surface area contributed by atoms with Gasteiger partial charge in [-0.1, -0.05) is 49.2 Å². The fraction of sp³-hybridized carbons (Fsp3) is 0.556. The van der Waals surface area contributed by atoms with E-state index in [-0.39, 0.29) is 127 Å². The topological polar surface area (TPSA) is 251 Å². The number of nitrogens with one attached hydrogen (secondary N) is 7. The smallest absolute Gasteiger partial charge is 0.303 e. The van der Waals surface area contributed by atoms with Crippen LogP contribution in [-0.2, 0) is 85.2 Å². The molecular formula is C54H77N9O9Y. The van der Waals surface area contributed by atoms with E-state index >= 15 is 0 Å². The number of aromatic nitrogens is 2. The summed E-state index contributed by atoms with van der Waals surface area (Å²) >= 11 is 0. The van der Waals surface area contributed by atoms with E-state index in [4.69, 9.17) is 0 Å². The number of Topliss-reactive ketones (excluding diaryl/α,β-unsaturated/α-hetero) is 2. The van der Waals surface area contributed by atoms with E-state index in [0.29, 0.717) is 30.4 Å². The van der Waals surface area contributed by atoms with Crippen LogP contribution in [0, 0.1) is 5.92 Å². The zero-order valence-electron chi connectivity index (χ0n) is 43.4. The van der Waals surface area contributed by atoms with Gasteiger partial charge in [0.2, 0.25) is 29.5 Å². The van der Waals surface area contributed by atoms with Crippen molar-refractivity contribution in [2.45, 2.75) is 146 Å². The second-order valence-corrected chi connectivity index (χ2v) is 19.7. The van der Waals surface area contributed by atoms with Crippen molar-refractivity contribution in [2.24, 2.45) is 20.0 Å². The summed E-state index contributed by atoms with van der Waals surface area (Å²) in [6.07, 6.45) is 6.93. The maximum atomic E-state index is 14.6. The molecule has 6 atom stereocenters. The molecule has 18 nitrogen and oxygen atoms in total. The minimum Gasteiger partial charge on any atom is -0.481 e. The van der Waals surface area contributed by atoms with Crippen molar-refractivity contribution in [3.63, 3.8) is 0 Å². The van der Waals surface area contributed by atoms with Crippen molar-refractivity contribution in [2.75, 3.05) is 27.2 Å². The average molecular weight is 1090 g/mol. The standard InChI is InChI=1S/C54H77N9O9.Y/c1-35(64)20-21-38-30-51(68)60-46(44-34-63(5)48-19-9-7-17-42(44)48)32-53(70)61-45(43-33-62(4)47-18-8-6-16-41(43)47)31-52(69)59-39(22-23-54(71)72)29-50(67)57-37(15-11-13-25-56-3)28-40(65)26-36(27-49(66)58-38)14-10-12-24-55-2;/h6-9,16-19,33-34,36-39,45-46,55-56H,10-15,20-32H2,1-5H3,(H,57,67)(H,58,66)(H,59,69)(H,60,68)(H,61,70)(H,71,72);. The molecule has 2 aromatic heterocycles. The number of unbranched alkanes of at least 4 members (excludes halogenated alkanes) is 2. The van der Waals surface area contributed by atoms with E-state index < -0.39 is 59.8 Å². The minimum atomic E-state index is -1.10. The number of aryl methyl sites for hydroxylation is 2. The summed E-state index contributed by atoms with van der Waals surface area (Å²) in [5, 5.41) is 32.7. The van der Waals surface area contributed by atoms with Gasteiger partial charge in [-0.15, -0.1) is 0 Å². The van der Waals surface area contributed by atoms with Gasteiger partial charge in [0.1, 0.15) is 11.6 Å². The molecular weight excluding hydrogens is 1010 g/mol. The number of carboxylic acid groups (broad SMARTS) is 1. The van der Waals surface area contributed by atoms with Crippen LogP contribution in [0.1, 0.15) is 139 Å². The van der Waals surface area contributed by atoms with Crippen LogP contribution in [0.3, 0.4) is 0 Å². The number of carbonyl (C=O) groups is 8. The zero-order valence-corrected chi connectivity index (χ0v) is 46.2. The van der Waals surface area contributed by atoms with Crippen molar-refractivity contribution in [3.05, 3.63) is 72.1 Å². The SMILES string of the molecule is CNCCCCC1CC(=O)CC(CCCCNC)NC(=O)CC(CCC(=O)O)NC(=O)CC(c2cn(C)c3ccccc23)NC(=O)CC(c2cn(C)c3ccccc23)NC(=O)CC(CCC(C)=O)NC(=O)C1.[Y]. The first-order valence-electron chi connectivity index (χ1n) is 25.6. The molecule has 1 saturated heterocycles. The van der Waals surface area contributed by atoms with Gasteiger partial charge in [0.05, 0.1) is 24.9 Å². The van der Waals surface area contributed by atoms with E-state index in [9.17, 15) is 43.5 Å². The first kappa shape index (κ1) is 60.3. The summed E-state index contributed by atoms with van der Waals surface area (Å²) in [5.41, 5.74) is 3.05. The number of ketones is 2. The molecule has 0 spiro atoms. The number of para-hydroxylation sites is 2. The Morgan fingerprint density at radius 3 is 1.47 bits per heavy atom. The summed E-state index contributed by atoms with van der Waals surface area (Å²) in [6, 6.07) is 11.2. The van der Waals surface area contributed by atoms with E-state index in [1.165, 1.54) is 6.92 Å². The number of nitrogens with zero attached hydrogens (tertiary/aromatic N) is 2. The number of fused-ring (bicyclic) bond motifs is 2. The molecule has 19 heteroatoms. The Balaban J connectivity index is 0.0000116. The summed E-state index contributed by atoms with van der Waals surface area (Å²) in [6.45, 7) is 2.95. The Morgan fingerprint density at radius 1 is 0.548 bits per heavy atom. The van der Waals surface area contributed by atoms with Gasteiger partial charge in [0.15, 0.2) is 0 Å². The fourth-order valence-electron chi connectivity index (χ4n) is 9.96. The molecule has 5 amide bonds. The Bertz CT molecular complexity index is 2340. The van der Waals surface area contributed by atoms with E-state index in [1.54, 1.807) is 0 Å². The maximum Gasteiger partial charge on any atom is 0.303 e. The maximum absolute atomic E-state index is 14.6. The number of hydrogen-bond acceptors (Lipinski definition) is 10. The Labute approximate surface area is 454 Å². The van der Waals surface area contributed by atoms with Crippen molar-refractivity contribution >= 4 is 68.9 Å². The molecule has 1 aliphatic heterocycles. The van der Waals surface area contributed by atoms with Gasteiger partial charge in [0.25, 0.3) is 0 Å². The normalized spacial score (nSPS) is 21.5. The van der Waals surface area contributed by atoms with Gasteiger partial charge in [-0.05, 0) is 90.7 Å². The predicted octanol–water partition coefficient (Wildman–Crippen LogP) is 5.08. The molecule has 3 heterocycles. The van der Waals surface area contributed by atoms with Crippen LogP contribution < -0.4 is 37.2 Å². The van der Waals surface area contributed by atoms with E-state index in [2.05, 4.69) is 37.2 Å². The number of rotatable bonds is 18. The van der Waals surface area contributed by atoms with Gasteiger partial charge in [0, 0.05) is 155 Å². The summed E-state index contributed by atoms with van der Waals surface area (Å²) in [7, 11) is 7.43. The molecule has 1 aliphatic rings. The van der Waals surface area contributed by atoms with Crippen molar-refractivity contribution in [3.8, 4) is 0 Å². The number of hydrogen-bond donors (Lipinski definition) is 8. The molecule has 6 unspecified atom stereocenters. The van der Waals surface area contributed by atoms with Crippen LogP contribution in [0.5, 0.6) is 0 Å². The van der Waals surface area contributed by atoms with Gasteiger partial charge in [-0.25, -0.2) is 0 Å². The number of benzene rings is 2. The quantitative estimate of drug-likeness (QED) is 0.0611. The van der Waals surface area contributed by atoms with Crippen LogP contribution >= 0.6 is 0 Å². The number of aliphatic carboxylic acids is 1.